The van der Waals surface area contributed by atoms with Crippen LogP contribution >= 0.6 is 0 Å². The number of anilines is 3. The van der Waals surface area contributed by atoms with Gasteiger partial charge in [-0.1, -0.05) is 18.9 Å². The molecule has 0 radical (unpaired) electrons. The molecule has 2 atom stereocenters. The zero-order chi connectivity index (χ0) is 41.2. The third-order valence-electron chi connectivity index (χ3n) is 13.7. The van der Waals surface area contributed by atoms with Gasteiger partial charge in [-0.05, 0) is 67.9 Å². The van der Waals surface area contributed by atoms with Crippen LogP contribution in [0.15, 0.2) is 42.5 Å². The average Bonchev–Trinajstić information content (AvgIpc) is 3.88. The number of carbonyl (C=O) groups is 4. The molecule has 5 heterocycles. The van der Waals surface area contributed by atoms with E-state index in [2.05, 4.69) is 20.0 Å². The number of benzene rings is 3. The standard InChI is InChI=1S/C44H50F2N6O7/c1-58-35-23-34(31(46)22-29(35)40-44(12-3-4-13-44)43(57)52(40)32-7-5-6-30(45)39(32)54)50-14-10-26(11-15-50)24-48-16-18-49(19-17-48)28-20-27-25-51(33-8-9-37(53)47-41(33)55)42(56)38(27)36(21-28)59-2/h5-7,20-23,26,33,40,54H,3-4,8-19,24-25H2,1-2H3,(H,47,53,55)/t33-,40-/m0/s1. The second-order valence-corrected chi connectivity index (χ2v) is 16.9. The second kappa shape index (κ2) is 15.3. The number of piperazine rings is 1. The quantitative estimate of drug-likeness (QED) is 0.221. The summed E-state index contributed by atoms with van der Waals surface area (Å²) in [6, 6.07) is 9.97. The first-order valence-corrected chi connectivity index (χ1v) is 20.8. The molecule has 0 bridgehead atoms. The number of para-hydroxylation sites is 1. The van der Waals surface area contributed by atoms with Crippen molar-refractivity contribution in [3.63, 3.8) is 0 Å². The van der Waals surface area contributed by atoms with Crippen LogP contribution in [0.5, 0.6) is 17.2 Å². The van der Waals surface area contributed by atoms with E-state index in [9.17, 15) is 28.7 Å². The van der Waals surface area contributed by atoms with Gasteiger partial charge in [0.1, 0.15) is 23.4 Å². The van der Waals surface area contributed by atoms with Crippen molar-refractivity contribution in [2.75, 3.05) is 74.7 Å². The lowest BCUT2D eigenvalue weighted by Crippen LogP contribution is -2.62. The van der Waals surface area contributed by atoms with E-state index in [0.717, 1.165) is 75.7 Å². The Labute approximate surface area is 341 Å². The van der Waals surface area contributed by atoms with E-state index >= 15 is 4.39 Å². The van der Waals surface area contributed by atoms with Gasteiger partial charge in [-0.25, -0.2) is 8.78 Å². The summed E-state index contributed by atoms with van der Waals surface area (Å²) in [4.78, 5) is 61.3. The van der Waals surface area contributed by atoms with Crippen molar-refractivity contribution in [1.82, 2.24) is 15.1 Å². The molecule has 3 aromatic carbocycles. The SMILES string of the molecule is COc1cc(N2CCC(CN3CCN(c4cc5c(c(OC)c4)C(=O)N([C@H]4CCC(=O)NC4=O)C5)CC3)CC2)c(F)cc1[C@@H]1N(c2cccc(F)c2O)C(=O)C12CCCC2. The van der Waals surface area contributed by atoms with E-state index in [0.29, 0.717) is 66.6 Å². The molecule has 9 rings (SSSR count). The van der Waals surface area contributed by atoms with Crippen molar-refractivity contribution in [3.8, 4) is 17.2 Å². The summed E-state index contributed by atoms with van der Waals surface area (Å²) in [6.45, 7) is 5.92. The van der Waals surface area contributed by atoms with Crippen LogP contribution < -0.4 is 29.5 Å². The molecule has 59 heavy (non-hydrogen) atoms. The average molecular weight is 813 g/mol. The van der Waals surface area contributed by atoms with Crippen molar-refractivity contribution in [1.29, 1.82) is 0 Å². The molecule has 312 valence electrons. The summed E-state index contributed by atoms with van der Waals surface area (Å²) < 4.78 is 42.3. The third-order valence-corrected chi connectivity index (χ3v) is 13.7. The molecule has 5 fully saturated rings. The fourth-order valence-electron chi connectivity index (χ4n) is 10.6. The van der Waals surface area contributed by atoms with E-state index in [4.69, 9.17) is 9.47 Å². The number of phenolic OH excluding ortho intramolecular Hbond substituents is 1. The number of hydrogen-bond acceptors (Lipinski definition) is 10. The molecule has 2 N–H and O–H groups in total. The lowest BCUT2D eigenvalue weighted by molar-refractivity contribution is -0.140. The van der Waals surface area contributed by atoms with E-state index in [1.165, 1.54) is 30.2 Å². The van der Waals surface area contributed by atoms with Crippen molar-refractivity contribution < 1.29 is 42.5 Å². The Kier molecular flexibility index (Phi) is 10.1. The van der Waals surface area contributed by atoms with E-state index < -0.39 is 40.8 Å². The molecule has 1 spiro atoms. The highest BCUT2D eigenvalue weighted by Gasteiger charge is 2.63. The first-order chi connectivity index (χ1) is 28.5. The number of amides is 4. The van der Waals surface area contributed by atoms with Crippen molar-refractivity contribution in [2.45, 2.75) is 70.0 Å². The Bertz CT molecular complexity index is 2200. The predicted octanol–water partition coefficient (Wildman–Crippen LogP) is 5.14. The van der Waals surface area contributed by atoms with Gasteiger partial charge in [-0.2, -0.15) is 0 Å². The summed E-state index contributed by atoms with van der Waals surface area (Å²) in [5.74, 6) is -1.62. The number of carbonyl (C=O) groups excluding carboxylic acids is 4. The fourth-order valence-corrected chi connectivity index (χ4v) is 10.6. The number of methoxy groups -OCH3 is 2. The van der Waals surface area contributed by atoms with Crippen LogP contribution in [-0.2, 0) is 20.9 Å². The summed E-state index contributed by atoms with van der Waals surface area (Å²) in [7, 11) is 3.09. The number of β-lactam (4-membered cyclic amide) rings is 1. The zero-order valence-electron chi connectivity index (χ0n) is 33.5. The monoisotopic (exact) mass is 812 g/mol. The minimum absolute atomic E-state index is 0.0776. The van der Waals surface area contributed by atoms with Crippen LogP contribution in [0.25, 0.3) is 0 Å². The van der Waals surface area contributed by atoms with Gasteiger partial charge in [0, 0.05) is 82.2 Å². The smallest absolute Gasteiger partial charge is 0.258 e. The first kappa shape index (κ1) is 39.0. The molecule has 0 aromatic heterocycles. The summed E-state index contributed by atoms with van der Waals surface area (Å²) >= 11 is 0. The van der Waals surface area contributed by atoms with Gasteiger partial charge in [0.2, 0.25) is 17.7 Å². The second-order valence-electron chi connectivity index (χ2n) is 16.9. The Hall–Kier alpha value is -5.44. The Morgan fingerprint density at radius 1 is 0.831 bits per heavy atom. The van der Waals surface area contributed by atoms with Crippen LogP contribution in [0.4, 0.5) is 25.8 Å². The highest BCUT2D eigenvalue weighted by Crippen LogP contribution is 2.62. The Morgan fingerprint density at radius 3 is 2.25 bits per heavy atom. The van der Waals surface area contributed by atoms with Crippen LogP contribution in [0, 0.1) is 23.0 Å². The van der Waals surface area contributed by atoms with Crippen LogP contribution in [0.2, 0.25) is 0 Å². The van der Waals surface area contributed by atoms with Gasteiger partial charge in [0.05, 0.1) is 42.6 Å². The van der Waals surface area contributed by atoms with Gasteiger partial charge in [0.25, 0.3) is 5.91 Å². The molecule has 4 saturated heterocycles. The highest BCUT2D eigenvalue weighted by molar-refractivity contribution is 6.08. The largest absolute Gasteiger partial charge is 0.503 e. The van der Waals surface area contributed by atoms with Gasteiger partial charge in [0.15, 0.2) is 11.6 Å². The number of phenols is 1. The number of halogens is 2. The number of nitrogens with zero attached hydrogens (tertiary/aromatic N) is 5. The van der Waals surface area contributed by atoms with Crippen molar-refractivity contribution in [3.05, 3.63) is 70.8 Å². The lowest BCUT2D eigenvalue weighted by Gasteiger charge is -2.55. The molecular weight excluding hydrogens is 763 g/mol. The summed E-state index contributed by atoms with van der Waals surface area (Å²) in [5.41, 5.74) is 2.56. The van der Waals surface area contributed by atoms with Crippen molar-refractivity contribution in [2.24, 2.45) is 11.3 Å². The molecule has 5 aliphatic heterocycles. The lowest BCUT2D eigenvalue weighted by atomic mass is 9.66. The van der Waals surface area contributed by atoms with Crippen molar-refractivity contribution >= 4 is 40.7 Å². The summed E-state index contributed by atoms with van der Waals surface area (Å²) in [6.07, 6.45) is 5.29. The maximum Gasteiger partial charge on any atom is 0.258 e. The minimum atomic E-state index is -0.820. The highest BCUT2D eigenvalue weighted by atomic mass is 19.1. The normalized spacial score (nSPS) is 23.5. The van der Waals surface area contributed by atoms with E-state index in [1.807, 2.05) is 12.1 Å². The third kappa shape index (κ3) is 6.61. The Balaban J connectivity index is 0.829. The van der Waals surface area contributed by atoms with E-state index in [-0.39, 0.29) is 36.4 Å². The molecule has 1 aliphatic carbocycles. The van der Waals surface area contributed by atoms with Gasteiger partial charge in [-0.3, -0.25) is 34.3 Å². The van der Waals surface area contributed by atoms with Gasteiger partial charge < -0.3 is 29.3 Å². The molecule has 4 amide bonds. The topological polar surface area (TPSA) is 135 Å². The molecule has 15 heteroatoms. The van der Waals surface area contributed by atoms with Crippen LogP contribution in [-0.4, -0.2) is 105 Å². The molecule has 6 aliphatic rings. The number of fused-ring (bicyclic) bond motifs is 1. The predicted molar refractivity (Wildman–Crippen MR) is 215 cm³/mol. The van der Waals surface area contributed by atoms with Crippen LogP contribution in [0.1, 0.15) is 78.9 Å². The summed E-state index contributed by atoms with van der Waals surface area (Å²) in [5, 5.41) is 13.0. The van der Waals surface area contributed by atoms with Crippen LogP contribution in [0.3, 0.4) is 0 Å². The maximum absolute atomic E-state index is 16.3. The molecule has 13 nitrogen and oxygen atoms in total. The number of nitrogens with one attached hydrogen (secondary N) is 1. The Morgan fingerprint density at radius 2 is 1.56 bits per heavy atom. The minimum Gasteiger partial charge on any atom is -0.503 e. The molecule has 3 aromatic rings. The molecular formula is C44H50F2N6O7. The number of rotatable bonds is 9. The first-order valence-electron chi connectivity index (χ1n) is 20.8. The number of imide groups is 1. The van der Waals surface area contributed by atoms with E-state index in [1.54, 1.807) is 18.1 Å². The maximum atomic E-state index is 16.3. The zero-order valence-corrected chi connectivity index (χ0v) is 33.5. The van der Waals surface area contributed by atoms with Gasteiger partial charge >= 0.3 is 0 Å². The number of aromatic hydroxyl groups is 1. The van der Waals surface area contributed by atoms with Gasteiger partial charge in [-0.15, -0.1) is 0 Å². The fraction of sp³-hybridized carbons (Fsp3) is 0.500. The molecule has 1 saturated carbocycles. The number of hydrogen-bond donors (Lipinski definition) is 2. The number of piperidine rings is 2. The number of ether oxygens (including phenoxy) is 2. The molecule has 0 unspecified atom stereocenters.